The van der Waals surface area contributed by atoms with Crippen LogP contribution in [0.2, 0.25) is 5.02 Å². The average Bonchev–Trinajstić information content (AvgIpc) is 3.40. The lowest BCUT2D eigenvalue weighted by molar-refractivity contribution is -0.116. The van der Waals surface area contributed by atoms with E-state index in [1.165, 1.54) is 23.9 Å². The zero-order valence-corrected chi connectivity index (χ0v) is 18.7. The molecule has 7 nitrogen and oxygen atoms in total. The van der Waals surface area contributed by atoms with Crippen molar-refractivity contribution < 1.29 is 13.7 Å². The van der Waals surface area contributed by atoms with Gasteiger partial charge in [0, 0.05) is 47.8 Å². The molecule has 2 heterocycles. The Balaban J connectivity index is 1.33. The molecule has 0 aliphatic heterocycles. The molecular formula is C22H19ClFN5O2S. The smallest absolute Gasteiger partial charge is 0.226 e. The van der Waals surface area contributed by atoms with E-state index in [1.54, 1.807) is 30.5 Å². The molecule has 0 spiro atoms. The third-order valence-electron chi connectivity index (χ3n) is 4.56. The van der Waals surface area contributed by atoms with E-state index in [4.69, 9.17) is 16.1 Å². The number of halogens is 2. The van der Waals surface area contributed by atoms with Gasteiger partial charge in [-0.05, 0) is 60.6 Å². The molecule has 0 unspecified atom stereocenters. The van der Waals surface area contributed by atoms with E-state index in [0.29, 0.717) is 40.8 Å². The maximum absolute atomic E-state index is 13.1. The maximum atomic E-state index is 13.1. The van der Waals surface area contributed by atoms with E-state index in [0.717, 1.165) is 10.1 Å². The number of carbonyl (C=O) groups is 1. The van der Waals surface area contributed by atoms with Crippen molar-refractivity contribution in [2.24, 2.45) is 7.05 Å². The Bertz CT molecular complexity index is 1230. The van der Waals surface area contributed by atoms with E-state index in [-0.39, 0.29) is 18.1 Å². The van der Waals surface area contributed by atoms with Gasteiger partial charge in [0.15, 0.2) is 5.16 Å². The number of aromatic nitrogens is 4. The zero-order valence-electron chi connectivity index (χ0n) is 17.1. The molecular weight excluding hydrogens is 453 g/mol. The number of carbonyl (C=O) groups excluding carboxylic acids is 1. The molecule has 4 aromatic rings. The van der Waals surface area contributed by atoms with Gasteiger partial charge in [0.2, 0.25) is 17.6 Å². The monoisotopic (exact) mass is 471 g/mol. The van der Waals surface area contributed by atoms with Crippen LogP contribution in [0.5, 0.6) is 0 Å². The standard InChI is InChI=1S/C22H19ClFN5O2S/c1-29-12-11-25-22(29)32-18-10-7-15(23)13-17(18)26-19(30)3-2-4-20-27-21(28-31-20)14-5-8-16(24)9-6-14/h5-13H,2-4H2,1H3,(H,26,30). The number of hydrogen-bond acceptors (Lipinski definition) is 6. The molecule has 0 bridgehead atoms. The molecule has 2 aromatic carbocycles. The number of imidazole rings is 1. The number of nitrogens with zero attached hydrogens (tertiary/aromatic N) is 4. The number of hydrogen-bond donors (Lipinski definition) is 1. The number of anilines is 1. The van der Waals surface area contributed by atoms with Gasteiger partial charge in [-0.15, -0.1) is 0 Å². The Morgan fingerprint density at radius 3 is 2.81 bits per heavy atom. The lowest BCUT2D eigenvalue weighted by Crippen LogP contribution is -2.12. The lowest BCUT2D eigenvalue weighted by Gasteiger charge is -2.11. The summed E-state index contributed by atoms with van der Waals surface area (Å²) in [7, 11) is 1.91. The van der Waals surface area contributed by atoms with Crippen LogP contribution in [0.3, 0.4) is 0 Å². The SMILES string of the molecule is Cn1ccnc1Sc1ccc(Cl)cc1NC(=O)CCCc1nc(-c2ccc(F)cc2)no1. The van der Waals surface area contributed by atoms with Gasteiger partial charge in [-0.1, -0.05) is 16.8 Å². The van der Waals surface area contributed by atoms with Gasteiger partial charge < -0.3 is 14.4 Å². The van der Waals surface area contributed by atoms with E-state index in [1.807, 2.05) is 23.9 Å². The molecule has 0 saturated heterocycles. The van der Waals surface area contributed by atoms with Crippen molar-refractivity contribution in [2.75, 3.05) is 5.32 Å². The molecule has 32 heavy (non-hydrogen) atoms. The largest absolute Gasteiger partial charge is 0.339 e. The van der Waals surface area contributed by atoms with Gasteiger partial charge in [-0.25, -0.2) is 9.37 Å². The molecule has 1 amide bonds. The summed E-state index contributed by atoms with van der Waals surface area (Å²) < 4.78 is 20.2. The summed E-state index contributed by atoms with van der Waals surface area (Å²) in [6.07, 6.45) is 4.82. The number of amides is 1. The molecule has 1 N–H and O–H groups in total. The second-order valence-electron chi connectivity index (χ2n) is 6.98. The topological polar surface area (TPSA) is 85.8 Å². The van der Waals surface area contributed by atoms with Gasteiger partial charge in [-0.2, -0.15) is 4.98 Å². The van der Waals surface area contributed by atoms with Crippen molar-refractivity contribution in [3.05, 3.63) is 71.6 Å². The van der Waals surface area contributed by atoms with Gasteiger partial charge in [-0.3, -0.25) is 4.79 Å². The third kappa shape index (κ3) is 5.54. The molecule has 0 atom stereocenters. The first-order valence-corrected chi connectivity index (χ1v) is 11.0. The summed E-state index contributed by atoms with van der Waals surface area (Å²) in [4.78, 5) is 22.0. The third-order valence-corrected chi connectivity index (χ3v) is 5.95. The van der Waals surface area contributed by atoms with Crippen molar-refractivity contribution in [1.29, 1.82) is 0 Å². The van der Waals surface area contributed by atoms with Crippen LogP contribution >= 0.6 is 23.4 Å². The summed E-state index contributed by atoms with van der Waals surface area (Å²) in [5.74, 6) is 0.335. The fourth-order valence-corrected chi connectivity index (χ4v) is 3.97. The summed E-state index contributed by atoms with van der Waals surface area (Å²) in [5, 5.41) is 8.17. The summed E-state index contributed by atoms with van der Waals surface area (Å²) >= 11 is 7.57. The minimum absolute atomic E-state index is 0.146. The zero-order chi connectivity index (χ0) is 22.5. The van der Waals surface area contributed by atoms with Gasteiger partial charge in [0.05, 0.1) is 5.69 Å². The van der Waals surface area contributed by atoms with Crippen LogP contribution < -0.4 is 5.32 Å². The Hall–Kier alpha value is -3.17. The number of nitrogens with one attached hydrogen (secondary N) is 1. The summed E-state index contributed by atoms with van der Waals surface area (Å²) in [6, 6.07) is 11.2. The predicted molar refractivity (Wildman–Crippen MR) is 120 cm³/mol. The Morgan fingerprint density at radius 2 is 2.06 bits per heavy atom. The molecule has 164 valence electrons. The second kappa shape index (κ2) is 9.97. The van der Waals surface area contributed by atoms with Gasteiger partial charge >= 0.3 is 0 Å². The molecule has 0 radical (unpaired) electrons. The number of benzene rings is 2. The molecule has 0 aliphatic rings. The highest BCUT2D eigenvalue weighted by atomic mass is 35.5. The molecule has 2 aromatic heterocycles. The minimum atomic E-state index is -0.329. The van der Waals surface area contributed by atoms with Crippen LogP contribution in [0.15, 0.2) is 69.4 Å². The Morgan fingerprint density at radius 1 is 1.25 bits per heavy atom. The van der Waals surface area contributed by atoms with Crippen molar-refractivity contribution in [2.45, 2.75) is 29.3 Å². The van der Waals surface area contributed by atoms with Crippen LogP contribution in [0, 0.1) is 5.82 Å². The predicted octanol–water partition coefficient (Wildman–Crippen LogP) is 5.38. The van der Waals surface area contributed by atoms with Crippen LogP contribution in [0.1, 0.15) is 18.7 Å². The normalized spacial score (nSPS) is 11.0. The Kier molecular flexibility index (Phi) is 6.87. The number of aryl methyl sites for hydroxylation is 2. The molecule has 4 rings (SSSR count). The second-order valence-corrected chi connectivity index (χ2v) is 8.43. The van der Waals surface area contributed by atoms with E-state index in [9.17, 15) is 9.18 Å². The lowest BCUT2D eigenvalue weighted by atomic mass is 10.2. The van der Waals surface area contributed by atoms with E-state index >= 15 is 0 Å². The average molecular weight is 472 g/mol. The highest BCUT2D eigenvalue weighted by Crippen LogP contribution is 2.34. The fourth-order valence-electron chi connectivity index (χ4n) is 2.92. The summed E-state index contributed by atoms with van der Waals surface area (Å²) in [6.45, 7) is 0. The van der Waals surface area contributed by atoms with Crippen LogP contribution in [0.25, 0.3) is 11.4 Å². The number of rotatable bonds is 8. The molecule has 0 saturated carbocycles. The van der Waals surface area contributed by atoms with Crippen LogP contribution in [0.4, 0.5) is 10.1 Å². The van der Waals surface area contributed by atoms with Crippen molar-refractivity contribution in [3.63, 3.8) is 0 Å². The van der Waals surface area contributed by atoms with Gasteiger partial charge in [0.25, 0.3) is 0 Å². The molecule has 10 heteroatoms. The highest BCUT2D eigenvalue weighted by Gasteiger charge is 2.13. The first-order valence-electron chi connectivity index (χ1n) is 9.81. The van der Waals surface area contributed by atoms with Crippen molar-refractivity contribution in [3.8, 4) is 11.4 Å². The first kappa shape index (κ1) is 22.0. The minimum Gasteiger partial charge on any atom is -0.339 e. The van der Waals surface area contributed by atoms with E-state index in [2.05, 4.69) is 20.4 Å². The van der Waals surface area contributed by atoms with E-state index < -0.39 is 0 Å². The first-order chi connectivity index (χ1) is 15.5. The quantitative estimate of drug-likeness (QED) is 0.371. The van der Waals surface area contributed by atoms with Crippen molar-refractivity contribution in [1.82, 2.24) is 19.7 Å². The summed E-state index contributed by atoms with van der Waals surface area (Å²) in [5.41, 5.74) is 1.30. The van der Waals surface area contributed by atoms with Gasteiger partial charge in [0.1, 0.15) is 5.82 Å². The highest BCUT2D eigenvalue weighted by molar-refractivity contribution is 7.99. The Labute approximate surface area is 193 Å². The van der Waals surface area contributed by atoms with Crippen LogP contribution in [-0.4, -0.2) is 25.6 Å². The van der Waals surface area contributed by atoms with Crippen LogP contribution in [-0.2, 0) is 18.3 Å². The maximum Gasteiger partial charge on any atom is 0.226 e. The van der Waals surface area contributed by atoms with Crippen molar-refractivity contribution >= 4 is 35.0 Å². The molecule has 0 aliphatic carbocycles. The molecule has 0 fully saturated rings. The fraction of sp³-hybridized carbons (Fsp3) is 0.182.